The minimum Gasteiger partial charge on any atom is -0.365 e. The summed E-state index contributed by atoms with van der Waals surface area (Å²) >= 11 is 4.80. The van der Waals surface area contributed by atoms with Crippen molar-refractivity contribution in [2.45, 2.75) is 40.0 Å². The second kappa shape index (κ2) is 6.81. The summed E-state index contributed by atoms with van der Waals surface area (Å²) in [6.07, 6.45) is 4.45. The van der Waals surface area contributed by atoms with Crippen LogP contribution in [0.4, 0.5) is 5.00 Å². The van der Waals surface area contributed by atoms with Crippen molar-refractivity contribution in [2.24, 2.45) is 24.1 Å². The van der Waals surface area contributed by atoms with Crippen LogP contribution in [0.5, 0.6) is 0 Å². The van der Waals surface area contributed by atoms with E-state index < -0.39 is 5.91 Å². The number of aromatic nitrogens is 2. The number of fused-ring (bicyclic) bond motifs is 1. The lowest BCUT2D eigenvalue weighted by molar-refractivity contribution is 0.1000. The van der Waals surface area contributed by atoms with Crippen molar-refractivity contribution in [2.75, 3.05) is 5.32 Å². The Bertz CT molecular complexity index is 879. The lowest BCUT2D eigenvalue weighted by Crippen LogP contribution is -2.27. The van der Waals surface area contributed by atoms with E-state index in [0.717, 1.165) is 29.7 Å². The first kappa shape index (κ1) is 19.1. The number of halogens is 1. The second-order valence-corrected chi connectivity index (χ2v) is 9.79. The molecule has 26 heavy (non-hydrogen) atoms. The van der Waals surface area contributed by atoms with E-state index in [9.17, 15) is 9.59 Å². The Balaban J connectivity index is 1.93. The van der Waals surface area contributed by atoms with Crippen LogP contribution in [0.3, 0.4) is 0 Å². The minimum absolute atomic E-state index is 0.205. The molecule has 140 valence electrons. The summed E-state index contributed by atoms with van der Waals surface area (Å²) in [4.78, 5) is 25.8. The van der Waals surface area contributed by atoms with Gasteiger partial charge in [0.15, 0.2) is 5.69 Å². The molecular formula is C18H23BrN4O2S. The van der Waals surface area contributed by atoms with Gasteiger partial charge in [-0.2, -0.15) is 5.10 Å². The van der Waals surface area contributed by atoms with Crippen molar-refractivity contribution < 1.29 is 9.59 Å². The SMILES string of the molecule is Cn1cc(Br)c(C(=O)Nc2sc3c(c2C(N)=O)CC[C@H](C(C)(C)C)C3)n1. The van der Waals surface area contributed by atoms with Gasteiger partial charge in [0.1, 0.15) is 5.00 Å². The predicted octanol–water partition coefficient (Wildman–Crippen LogP) is 3.75. The first-order chi connectivity index (χ1) is 12.1. The Labute approximate surface area is 165 Å². The molecule has 3 N–H and O–H groups in total. The van der Waals surface area contributed by atoms with Gasteiger partial charge >= 0.3 is 0 Å². The highest BCUT2D eigenvalue weighted by Gasteiger charge is 2.33. The quantitative estimate of drug-likeness (QED) is 0.764. The van der Waals surface area contributed by atoms with Gasteiger partial charge in [0.2, 0.25) is 0 Å². The zero-order chi connectivity index (χ0) is 19.2. The van der Waals surface area contributed by atoms with E-state index in [1.165, 1.54) is 11.3 Å². The fraction of sp³-hybridized carbons (Fsp3) is 0.500. The van der Waals surface area contributed by atoms with Crippen molar-refractivity contribution in [1.82, 2.24) is 9.78 Å². The smallest absolute Gasteiger partial charge is 0.277 e. The number of thiophene rings is 1. The van der Waals surface area contributed by atoms with Gasteiger partial charge < -0.3 is 11.1 Å². The fourth-order valence-electron chi connectivity index (χ4n) is 3.45. The van der Waals surface area contributed by atoms with Gasteiger partial charge in [0.25, 0.3) is 11.8 Å². The molecule has 0 aliphatic heterocycles. The number of hydrogen-bond acceptors (Lipinski definition) is 4. The van der Waals surface area contributed by atoms with Gasteiger partial charge in [-0.15, -0.1) is 11.3 Å². The number of carbonyl (C=O) groups is 2. The molecule has 2 amide bonds. The number of primary amides is 1. The van der Waals surface area contributed by atoms with Gasteiger partial charge in [-0.3, -0.25) is 14.3 Å². The molecule has 1 aliphatic carbocycles. The largest absolute Gasteiger partial charge is 0.365 e. The lowest BCUT2D eigenvalue weighted by atomic mass is 9.72. The highest BCUT2D eigenvalue weighted by atomic mass is 79.9. The Hall–Kier alpha value is -1.67. The predicted molar refractivity (Wildman–Crippen MR) is 107 cm³/mol. The van der Waals surface area contributed by atoms with Crippen molar-refractivity contribution in [1.29, 1.82) is 0 Å². The second-order valence-electron chi connectivity index (χ2n) is 7.83. The molecule has 8 heteroatoms. The number of carbonyl (C=O) groups excluding carboxylic acids is 2. The molecule has 0 radical (unpaired) electrons. The molecular weight excluding hydrogens is 416 g/mol. The summed E-state index contributed by atoms with van der Waals surface area (Å²) in [7, 11) is 1.74. The van der Waals surface area contributed by atoms with Gasteiger partial charge in [0.05, 0.1) is 10.0 Å². The zero-order valence-corrected chi connectivity index (χ0v) is 17.8. The van der Waals surface area contributed by atoms with E-state index in [4.69, 9.17) is 5.73 Å². The summed E-state index contributed by atoms with van der Waals surface area (Å²) < 4.78 is 2.16. The fourth-order valence-corrected chi connectivity index (χ4v) is 5.33. The number of nitrogens with two attached hydrogens (primary N) is 1. The van der Waals surface area contributed by atoms with Gasteiger partial charge in [-0.1, -0.05) is 20.8 Å². The van der Waals surface area contributed by atoms with Crippen LogP contribution in [0.1, 0.15) is 58.5 Å². The van der Waals surface area contributed by atoms with Crippen LogP contribution in [0.2, 0.25) is 0 Å². The van der Waals surface area contributed by atoms with Crippen LogP contribution in [-0.2, 0) is 19.9 Å². The number of nitrogens with one attached hydrogen (secondary N) is 1. The average molecular weight is 439 g/mol. The van der Waals surface area contributed by atoms with E-state index in [-0.39, 0.29) is 17.0 Å². The topological polar surface area (TPSA) is 90.0 Å². The van der Waals surface area contributed by atoms with Gasteiger partial charge in [-0.05, 0) is 52.1 Å². The van der Waals surface area contributed by atoms with Crippen LogP contribution in [0.25, 0.3) is 0 Å². The van der Waals surface area contributed by atoms with E-state index in [1.807, 2.05) is 0 Å². The van der Waals surface area contributed by atoms with Crippen LogP contribution in [0.15, 0.2) is 10.7 Å². The van der Waals surface area contributed by atoms with Crippen LogP contribution < -0.4 is 11.1 Å². The van der Waals surface area contributed by atoms with Gasteiger partial charge in [-0.25, -0.2) is 0 Å². The molecule has 0 saturated carbocycles. The summed E-state index contributed by atoms with van der Waals surface area (Å²) in [5.74, 6) is -0.305. The highest BCUT2D eigenvalue weighted by molar-refractivity contribution is 9.10. The number of amides is 2. The summed E-state index contributed by atoms with van der Waals surface area (Å²) in [5, 5.41) is 7.53. The maximum Gasteiger partial charge on any atom is 0.277 e. The molecule has 3 rings (SSSR count). The molecule has 0 spiro atoms. The number of nitrogens with zero attached hydrogens (tertiary/aromatic N) is 2. The molecule has 1 atom stereocenters. The van der Waals surface area contributed by atoms with Crippen molar-refractivity contribution in [3.63, 3.8) is 0 Å². The Morgan fingerprint density at radius 3 is 2.65 bits per heavy atom. The van der Waals surface area contributed by atoms with Crippen molar-refractivity contribution >= 4 is 44.1 Å². The van der Waals surface area contributed by atoms with E-state index in [1.54, 1.807) is 17.9 Å². The third-order valence-corrected chi connectivity index (χ3v) is 6.71. The number of anilines is 1. The Kier molecular flexibility index (Phi) is 5.00. The Morgan fingerprint density at radius 1 is 1.42 bits per heavy atom. The number of hydrogen-bond donors (Lipinski definition) is 2. The molecule has 0 aromatic carbocycles. The third-order valence-electron chi connectivity index (χ3n) is 4.96. The summed E-state index contributed by atoms with van der Waals surface area (Å²) in [5.41, 5.74) is 7.58. The van der Waals surface area contributed by atoms with E-state index in [2.05, 4.69) is 47.1 Å². The summed E-state index contributed by atoms with van der Waals surface area (Å²) in [6, 6.07) is 0. The first-order valence-corrected chi connectivity index (χ1v) is 10.1. The molecule has 0 unspecified atom stereocenters. The zero-order valence-electron chi connectivity index (χ0n) is 15.4. The molecule has 2 aromatic rings. The maximum atomic E-state index is 12.6. The molecule has 1 aliphatic rings. The van der Waals surface area contributed by atoms with Crippen LogP contribution in [0, 0.1) is 11.3 Å². The standard InChI is InChI=1S/C18H23BrN4O2S/c1-18(2,3)9-5-6-10-12(7-9)26-17(13(10)15(20)24)21-16(25)14-11(19)8-23(4)22-14/h8-9H,5-7H2,1-4H3,(H2,20,24)(H,21,25)/t9-/m0/s1. The monoisotopic (exact) mass is 438 g/mol. The normalized spacial score (nSPS) is 17.0. The van der Waals surface area contributed by atoms with Crippen molar-refractivity contribution in [3.8, 4) is 0 Å². The van der Waals surface area contributed by atoms with Crippen LogP contribution in [-0.4, -0.2) is 21.6 Å². The molecule has 2 heterocycles. The number of rotatable bonds is 3. The molecule has 0 fully saturated rings. The van der Waals surface area contributed by atoms with Crippen molar-refractivity contribution in [3.05, 3.63) is 32.4 Å². The maximum absolute atomic E-state index is 12.6. The van der Waals surface area contributed by atoms with E-state index in [0.29, 0.717) is 21.0 Å². The summed E-state index contributed by atoms with van der Waals surface area (Å²) in [6.45, 7) is 6.73. The lowest BCUT2D eigenvalue weighted by Gasteiger charge is -2.33. The molecule has 6 nitrogen and oxygen atoms in total. The minimum atomic E-state index is -0.493. The van der Waals surface area contributed by atoms with Gasteiger partial charge in [0, 0.05) is 18.1 Å². The Morgan fingerprint density at radius 2 is 2.12 bits per heavy atom. The molecule has 2 aromatic heterocycles. The highest BCUT2D eigenvalue weighted by Crippen LogP contribution is 2.44. The van der Waals surface area contributed by atoms with Crippen LogP contribution >= 0.6 is 27.3 Å². The number of aryl methyl sites for hydroxylation is 1. The molecule has 0 saturated heterocycles. The van der Waals surface area contributed by atoms with E-state index >= 15 is 0 Å². The third kappa shape index (κ3) is 3.57. The molecule has 0 bridgehead atoms. The first-order valence-electron chi connectivity index (χ1n) is 8.52. The average Bonchev–Trinajstić information content (AvgIpc) is 3.04.